The SMILES string of the molecule is CCc1nccn1Cc1ccc(I)cc1. The first-order valence-electron chi connectivity index (χ1n) is 5.04. The van der Waals surface area contributed by atoms with Crippen LogP contribution in [0, 0.1) is 3.57 Å². The van der Waals surface area contributed by atoms with Crippen molar-refractivity contribution in [3.63, 3.8) is 0 Å². The Morgan fingerprint density at radius 1 is 1.27 bits per heavy atom. The molecule has 0 aliphatic heterocycles. The summed E-state index contributed by atoms with van der Waals surface area (Å²) >= 11 is 2.32. The summed E-state index contributed by atoms with van der Waals surface area (Å²) in [6, 6.07) is 8.61. The Morgan fingerprint density at radius 2 is 2.00 bits per heavy atom. The van der Waals surface area contributed by atoms with Crippen molar-refractivity contribution >= 4 is 22.6 Å². The van der Waals surface area contributed by atoms with E-state index in [9.17, 15) is 0 Å². The number of rotatable bonds is 3. The van der Waals surface area contributed by atoms with Crippen molar-refractivity contribution < 1.29 is 0 Å². The Bertz CT molecular complexity index is 431. The molecular formula is C12H13IN2. The van der Waals surface area contributed by atoms with Crippen LogP contribution in [0.3, 0.4) is 0 Å². The van der Waals surface area contributed by atoms with Gasteiger partial charge in [-0.05, 0) is 40.3 Å². The molecule has 2 aromatic rings. The second-order valence-electron chi connectivity index (χ2n) is 3.45. The second-order valence-corrected chi connectivity index (χ2v) is 4.70. The lowest BCUT2D eigenvalue weighted by atomic mass is 10.2. The van der Waals surface area contributed by atoms with Crippen LogP contribution in [-0.2, 0) is 13.0 Å². The molecule has 2 nitrogen and oxygen atoms in total. The monoisotopic (exact) mass is 312 g/mol. The van der Waals surface area contributed by atoms with Crippen molar-refractivity contribution in [3.05, 3.63) is 51.6 Å². The number of benzene rings is 1. The average molecular weight is 312 g/mol. The first-order chi connectivity index (χ1) is 7.29. The van der Waals surface area contributed by atoms with Gasteiger partial charge >= 0.3 is 0 Å². The zero-order valence-corrected chi connectivity index (χ0v) is 10.8. The highest BCUT2D eigenvalue weighted by atomic mass is 127. The Balaban J connectivity index is 2.18. The van der Waals surface area contributed by atoms with E-state index in [1.807, 2.05) is 12.4 Å². The van der Waals surface area contributed by atoms with E-state index in [-0.39, 0.29) is 0 Å². The number of halogens is 1. The molecule has 1 heterocycles. The van der Waals surface area contributed by atoms with Gasteiger partial charge in [0.05, 0.1) is 0 Å². The van der Waals surface area contributed by atoms with Crippen molar-refractivity contribution in [2.24, 2.45) is 0 Å². The quantitative estimate of drug-likeness (QED) is 0.796. The molecule has 2 rings (SSSR count). The Labute approximate surface area is 103 Å². The molecular weight excluding hydrogens is 299 g/mol. The highest BCUT2D eigenvalue weighted by Crippen LogP contribution is 2.09. The molecule has 0 fully saturated rings. The largest absolute Gasteiger partial charge is 0.331 e. The molecule has 0 saturated heterocycles. The normalized spacial score (nSPS) is 10.5. The van der Waals surface area contributed by atoms with Crippen molar-refractivity contribution in [1.29, 1.82) is 0 Å². The highest BCUT2D eigenvalue weighted by molar-refractivity contribution is 14.1. The van der Waals surface area contributed by atoms with Gasteiger partial charge in [-0.3, -0.25) is 0 Å². The molecule has 0 unspecified atom stereocenters. The third-order valence-corrected chi connectivity index (χ3v) is 3.10. The molecule has 1 aromatic carbocycles. The van der Waals surface area contributed by atoms with Crippen LogP contribution >= 0.6 is 22.6 Å². The number of imidazole rings is 1. The summed E-state index contributed by atoms with van der Waals surface area (Å²) in [5, 5.41) is 0. The van der Waals surface area contributed by atoms with E-state index >= 15 is 0 Å². The predicted octanol–water partition coefficient (Wildman–Crippen LogP) is 3.10. The van der Waals surface area contributed by atoms with E-state index in [4.69, 9.17) is 0 Å². The summed E-state index contributed by atoms with van der Waals surface area (Å²) in [5.74, 6) is 1.15. The fourth-order valence-corrected chi connectivity index (χ4v) is 1.94. The maximum atomic E-state index is 4.31. The van der Waals surface area contributed by atoms with Gasteiger partial charge in [-0.25, -0.2) is 4.98 Å². The molecule has 0 aliphatic rings. The molecule has 0 amide bonds. The molecule has 0 spiro atoms. The van der Waals surface area contributed by atoms with Crippen molar-refractivity contribution in [3.8, 4) is 0 Å². The number of hydrogen-bond donors (Lipinski definition) is 0. The Hall–Kier alpha value is -0.840. The van der Waals surface area contributed by atoms with Gasteiger partial charge in [0.1, 0.15) is 5.82 Å². The third-order valence-electron chi connectivity index (χ3n) is 2.38. The Kier molecular flexibility index (Phi) is 3.41. The number of aromatic nitrogens is 2. The van der Waals surface area contributed by atoms with Crippen LogP contribution in [0.1, 0.15) is 18.3 Å². The molecule has 0 bridgehead atoms. The second kappa shape index (κ2) is 4.79. The maximum absolute atomic E-state index is 4.31. The lowest BCUT2D eigenvalue weighted by Crippen LogP contribution is -2.03. The minimum atomic E-state index is 0.917. The minimum absolute atomic E-state index is 0.917. The van der Waals surface area contributed by atoms with E-state index in [0.29, 0.717) is 0 Å². The van der Waals surface area contributed by atoms with Gasteiger partial charge in [0.15, 0.2) is 0 Å². The van der Waals surface area contributed by atoms with E-state index < -0.39 is 0 Å². The van der Waals surface area contributed by atoms with Gasteiger partial charge in [-0.1, -0.05) is 19.1 Å². The van der Waals surface area contributed by atoms with Crippen LogP contribution in [-0.4, -0.2) is 9.55 Å². The molecule has 78 valence electrons. The smallest absolute Gasteiger partial charge is 0.108 e. The van der Waals surface area contributed by atoms with Crippen LogP contribution in [0.25, 0.3) is 0 Å². The molecule has 15 heavy (non-hydrogen) atoms. The van der Waals surface area contributed by atoms with Gasteiger partial charge in [0, 0.05) is 28.9 Å². The average Bonchev–Trinajstić information content (AvgIpc) is 2.69. The van der Waals surface area contributed by atoms with Crippen molar-refractivity contribution in [2.75, 3.05) is 0 Å². The van der Waals surface area contributed by atoms with Crippen LogP contribution < -0.4 is 0 Å². The van der Waals surface area contributed by atoms with Crippen LogP contribution in [0.5, 0.6) is 0 Å². The minimum Gasteiger partial charge on any atom is -0.331 e. The van der Waals surface area contributed by atoms with Crippen LogP contribution in [0.4, 0.5) is 0 Å². The standard InChI is InChI=1S/C12H13IN2/c1-2-12-14-7-8-15(12)9-10-3-5-11(13)6-4-10/h3-8H,2,9H2,1H3. The lowest BCUT2D eigenvalue weighted by molar-refractivity contribution is 0.732. The fraction of sp³-hybridized carbons (Fsp3) is 0.250. The third kappa shape index (κ3) is 2.59. The van der Waals surface area contributed by atoms with Gasteiger partial charge in [-0.2, -0.15) is 0 Å². The number of nitrogens with zero attached hydrogens (tertiary/aromatic N) is 2. The molecule has 0 aliphatic carbocycles. The topological polar surface area (TPSA) is 17.8 Å². The van der Waals surface area contributed by atoms with Crippen LogP contribution in [0.15, 0.2) is 36.7 Å². The van der Waals surface area contributed by atoms with Crippen LogP contribution in [0.2, 0.25) is 0 Å². The zero-order valence-electron chi connectivity index (χ0n) is 8.65. The van der Waals surface area contributed by atoms with Gasteiger partial charge in [0.25, 0.3) is 0 Å². The molecule has 1 aromatic heterocycles. The lowest BCUT2D eigenvalue weighted by Gasteiger charge is -2.06. The van der Waals surface area contributed by atoms with Crippen molar-refractivity contribution in [1.82, 2.24) is 9.55 Å². The summed E-state index contributed by atoms with van der Waals surface area (Å²) in [6.07, 6.45) is 4.89. The summed E-state index contributed by atoms with van der Waals surface area (Å²) in [6.45, 7) is 3.05. The zero-order chi connectivity index (χ0) is 10.7. The van der Waals surface area contributed by atoms with E-state index in [1.54, 1.807) is 0 Å². The van der Waals surface area contributed by atoms with E-state index in [1.165, 1.54) is 9.13 Å². The molecule has 3 heteroatoms. The highest BCUT2D eigenvalue weighted by Gasteiger charge is 2.00. The van der Waals surface area contributed by atoms with Gasteiger partial charge in [-0.15, -0.1) is 0 Å². The van der Waals surface area contributed by atoms with Crippen molar-refractivity contribution in [2.45, 2.75) is 19.9 Å². The fourth-order valence-electron chi connectivity index (χ4n) is 1.58. The summed E-state index contributed by atoms with van der Waals surface area (Å²) in [7, 11) is 0. The first kappa shape index (κ1) is 10.7. The predicted molar refractivity (Wildman–Crippen MR) is 69.9 cm³/mol. The van der Waals surface area contributed by atoms with Gasteiger partial charge in [0.2, 0.25) is 0 Å². The maximum Gasteiger partial charge on any atom is 0.108 e. The van der Waals surface area contributed by atoms with E-state index in [2.05, 4.69) is 63.3 Å². The number of hydrogen-bond acceptors (Lipinski definition) is 1. The Morgan fingerprint density at radius 3 is 2.67 bits per heavy atom. The first-order valence-corrected chi connectivity index (χ1v) is 6.12. The molecule has 0 atom stereocenters. The summed E-state index contributed by atoms with van der Waals surface area (Å²) < 4.78 is 3.47. The molecule has 0 N–H and O–H groups in total. The van der Waals surface area contributed by atoms with E-state index in [0.717, 1.165) is 18.8 Å². The molecule has 0 radical (unpaired) electrons. The van der Waals surface area contributed by atoms with Gasteiger partial charge < -0.3 is 4.57 Å². The number of aryl methyl sites for hydroxylation is 1. The summed E-state index contributed by atoms with van der Waals surface area (Å²) in [5.41, 5.74) is 1.32. The molecule has 0 saturated carbocycles. The summed E-state index contributed by atoms with van der Waals surface area (Å²) in [4.78, 5) is 4.31.